The maximum Gasteiger partial charge on any atom is 0.345 e. The number of hydrogen-bond donors (Lipinski definition) is 1. The van der Waals surface area contributed by atoms with Crippen molar-refractivity contribution in [1.29, 1.82) is 0 Å². The lowest BCUT2D eigenvalue weighted by Gasteiger charge is -2.05. The fourth-order valence-corrected chi connectivity index (χ4v) is 1.67. The maximum absolute atomic E-state index is 11.7. The molecule has 0 spiro atoms. The third-order valence-electron chi connectivity index (χ3n) is 2.49. The number of hydrogen-bond acceptors (Lipinski definition) is 4. The molecule has 5 nitrogen and oxygen atoms in total. The summed E-state index contributed by atoms with van der Waals surface area (Å²) in [5.41, 5.74) is 1.66. The van der Waals surface area contributed by atoms with Crippen molar-refractivity contribution in [2.24, 2.45) is 0 Å². The zero-order valence-electron chi connectivity index (χ0n) is 9.53. The summed E-state index contributed by atoms with van der Waals surface area (Å²) in [6, 6.07) is 4.72. The first-order chi connectivity index (χ1) is 8.47. The first kappa shape index (κ1) is 12.8. The number of halogens is 1. The smallest absolute Gasteiger partial charge is 0.345 e. The highest BCUT2D eigenvalue weighted by atomic mass is 79.9. The second kappa shape index (κ2) is 4.89. The van der Waals surface area contributed by atoms with E-state index in [-0.39, 0.29) is 11.5 Å². The van der Waals surface area contributed by atoms with Crippen molar-refractivity contribution in [1.82, 2.24) is 0 Å². The summed E-state index contributed by atoms with van der Waals surface area (Å²) >= 11 is 3.01. The molecule has 6 heteroatoms. The van der Waals surface area contributed by atoms with Gasteiger partial charge in [-0.25, -0.2) is 4.79 Å². The van der Waals surface area contributed by atoms with Crippen LogP contribution in [0.5, 0.6) is 0 Å². The predicted molar refractivity (Wildman–Crippen MR) is 67.6 cm³/mol. The van der Waals surface area contributed by atoms with Gasteiger partial charge in [0.1, 0.15) is 4.83 Å². The Balaban J connectivity index is 2.15. The number of carbonyl (C=O) groups is 3. The van der Waals surface area contributed by atoms with Crippen LogP contribution in [0.4, 0.5) is 5.69 Å². The molecule has 0 aromatic heterocycles. The molecule has 1 aromatic rings. The molecule has 1 aliphatic heterocycles. The van der Waals surface area contributed by atoms with Gasteiger partial charge < -0.3 is 10.1 Å². The largest absolute Gasteiger partial charge is 0.389 e. The van der Waals surface area contributed by atoms with Gasteiger partial charge in [0.05, 0.1) is 12.0 Å². The number of ether oxygens (including phenoxy) is 1. The van der Waals surface area contributed by atoms with Crippen LogP contribution in [0.2, 0.25) is 0 Å². The average Bonchev–Trinajstić information content (AvgIpc) is 2.67. The number of carbonyl (C=O) groups excluding carboxylic acids is 3. The Hall–Kier alpha value is -1.69. The molecule has 94 valence electrons. The lowest BCUT2D eigenvalue weighted by molar-refractivity contribution is -0.136. The number of rotatable bonds is 2. The van der Waals surface area contributed by atoms with Crippen molar-refractivity contribution >= 4 is 39.5 Å². The molecule has 2 rings (SSSR count). The first-order valence-corrected chi connectivity index (χ1v) is 6.22. The second-order valence-electron chi connectivity index (χ2n) is 3.92. The summed E-state index contributed by atoms with van der Waals surface area (Å²) in [4.78, 5) is 33.5. The minimum Gasteiger partial charge on any atom is -0.389 e. The first-order valence-electron chi connectivity index (χ1n) is 5.30. The van der Waals surface area contributed by atoms with Crippen molar-refractivity contribution < 1.29 is 19.1 Å². The SMILES string of the molecule is C[C@H](Br)C(=O)OC(=O)c1ccc2c(c1)NC(=O)C2. The Morgan fingerprint density at radius 2 is 2.17 bits per heavy atom. The van der Waals surface area contributed by atoms with Gasteiger partial charge in [0.2, 0.25) is 5.91 Å². The molecule has 1 amide bonds. The zero-order valence-corrected chi connectivity index (χ0v) is 11.1. The summed E-state index contributed by atoms with van der Waals surface area (Å²) in [7, 11) is 0. The molecule has 0 saturated heterocycles. The second-order valence-corrected chi connectivity index (χ2v) is 5.29. The number of anilines is 1. The highest BCUT2D eigenvalue weighted by Crippen LogP contribution is 2.24. The predicted octanol–water partition coefficient (Wildman–Crippen LogP) is 1.65. The van der Waals surface area contributed by atoms with E-state index >= 15 is 0 Å². The van der Waals surface area contributed by atoms with Crippen LogP contribution >= 0.6 is 15.9 Å². The van der Waals surface area contributed by atoms with E-state index in [9.17, 15) is 14.4 Å². The van der Waals surface area contributed by atoms with Crippen LogP contribution in [0.1, 0.15) is 22.8 Å². The molecule has 1 aliphatic rings. The number of amides is 1. The molecule has 18 heavy (non-hydrogen) atoms. The minimum atomic E-state index is -0.727. The molecule has 1 N–H and O–H groups in total. The van der Waals surface area contributed by atoms with Crippen LogP contribution < -0.4 is 5.32 Å². The van der Waals surface area contributed by atoms with Crippen LogP contribution in [-0.4, -0.2) is 22.7 Å². The van der Waals surface area contributed by atoms with Gasteiger partial charge in [-0.05, 0) is 24.6 Å². The molecular weight excluding hydrogens is 302 g/mol. The Bertz CT molecular complexity index is 539. The van der Waals surface area contributed by atoms with Gasteiger partial charge in [-0.15, -0.1) is 0 Å². The molecule has 0 saturated carbocycles. The van der Waals surface area contributed by atoms with E-state index in [2.05, 4.69) is 26.0 Å². The van der Waals surface area contributed by atoms with E-state index in [0.29, 0.717) is 12.1 Å². The fourth-order valence-electron chi connectivity index (χ4n) is 1.57. The minimum absolute atomic E-state index is 0.110. The average molecular weight is 312 g/mol. The van der Waals surface area contributed by atoms with Gasteiger partial charge in [0.15, 0.2) is 0 Å². The monoisotopic (exact) mass is 311 g/mol. The van der Waals surface area contributed by atoms with Crippen molar-refractivity contribution in [2.45, 2.75) is 18.2 Å². The maximum atomic E-state index is 11.7. The van der Waals surface area contributed by atoms with Gasteiger partial charge in [-0.2, -0.15) is 0 Å². The van der Waals surface area contributed by atoms with E-state index in [4.69, 9.17) is 0 Å². The van der Waals surface area contributed by atoms with Crippen molar-refractivity contribution in [3.63, 3.8) is 0 Å². The normalized spacial score (nSPS) is 14.7. The Morgan fingerprint density at radius 1 is 1.44 bits per heavy atom. The third kappa shape index (κ3) is 2.59. The number of alkyl halides is 1. The van der Waals surface area contributed by atoms with Gasteiger partial charge >= 0.3 is 11.9 Å². The summed E-state index contributed by atoms with van der Waals surface area (Å²) < 4.78 is 4.65. The van der Waals surface area contributed by atoms with Crippen LogP contribution in [0.25, 0.3) is 0 Å². The molecule has 1 atom stereocenters. The molecule has 0 fully saturated rings. The molecule has 0 bridgehead atoms. The van der Waals surface area contributed by atoms with E-state index < -0.39 is 16.8 Å². The third-order valence-corrected chi connectivity index (χ3v) is 2.86. The van der Waals surface area contributed by atoms with Crippen LogP contribution in [0, 0.1) is 0 Å². The quantitative estimate of drug-likeness (QED) is 0.512. The topological polar surface area (TPSA) is 72.5 Å². The van der Waals surface area contributed by atoms with Gasteiger partial charge in [-0.3, -0.25) is 9.59 Å². The number of esters is 2. The van der Waals surface area contributed by atoms with E-state index in [0.717, 1.165) is 5.56 Å². The summed E-state index contributed by atoms with van der Waals surface area (Å²) in [5.74, 6) is -1.49. The standard InChI is InChI=1S/C12H10BrNO4/c1-6(13)11(16)18-12(17)8-3-2-7-5-10(15)14-9(7)4-8/h2-4,6H,5H2,1H3,(H,14,15)/t6-/m0/s1. The van der Waals surface area contributed by atoms with Gasteiger partial charge in [0.25, 0.3) is 0 Å². The van der Waals surface area contributed by atoms with Crippen LogP contribution in [0.15, 0.2) is 18.2 Å². The number of fused-ring (bicyclic) bond motifs is 1. The molecular formula is C12H10BrNO4. The number of nitrogens with one attached hydrogen (secondary N) is 1. The molecule has 0 unspecified atom stereocenters. The van der Waals surface area contributed by atoms with E-state index in [1.54, 1.807) is 13.0 Å². The Labute approximate surface area is 112 Å². The number of benzene rings is 1. The highest BCUT2D eigenvalue weighted by Gasteiger charge is 2.21. The molecule has 1 heterocycles. The van der Waals surface area contributed by atoms with Crippen LogP contribution in [-0.2, 0) is 20.7 Å². The molecule has 0 radical (unpaired) electrons. The van der Waals surface area contributed by atoms with Crippen LogP contribution in [0.3, 0.4) is 0 Å². The molecule has 0 aliphatic carbocycles. The lowest BCUT2D eigenvalue weighted by Crippen LogP contribution is -2.19. The van der Waals surface area contributed by atoms with Gasteiger partial charge in [-0.1, -0.05) is 22.0 Å². The Morgan fingerprint density at radius 3 is 2.83 bits per heavy atom. The fraction of sp³-hybridized carbons (Fsp3) is 0.250. The van der Waals surface area contributed by atoms with Crippen molar-refractivity contribution in [3.05, 3.63) is 29.3 Å². The summed E-state index contributed by atoms with van der Waals surface area (Å²) in [6.45, 7) is 1.57. The highest BCUT2D eigenvalue weighted by molar-refractivity contribution is 9.10. The summed E-state index contributed by atoms with van der Waals surface area (Å²) in [6.07, 6.45) is 0.308. The zero-order chi connectivity index (χ0) is 13.3. The molecule has 1 aromatic carbocycles. The lowest BCUT2D eigenvalue weighted by atomic mass is 10.1. The van der Waals surface area contributed by atoms with E-state index in [1.165, 1.54) is 12.1 Å². The summed E-state index contributed by atoms with van der Waals surface area (Å²) in [5, 5.41) is 2.63. The Kier molecular flexibility index (Phi) is 3.47. The van der Waals surface area contributed by atoms with Gasteiger partial charge in [0, 0.05) is 5.69 Å². The van der Waals surface area contributed by atoms with Crippen molar-refractivity contribution in [3.8, 4) is 0 Å². The van der Waals surface area contributed by atoms with Crippen molar-refractivity contribution in [2.75, 3.05) is 5.32 Å². The van der Waals surface area contributed by atoms with E-state index in [1.807, 2.05) is 0 Å².